The van der Waals surface area contributed by atoms with Crippen molar-refractivity contribution in [2.24, 2.45) is 23.7 Å². The summed E-state index contributed by atoms with van der Waals surface area (Å²) in [7, 11) is 6.04. The molecule has 19 heteroatoms. The van der Waals surface area contributed by atoms with E-state index in [1.807, 2.05) is 33.8 Å². The Hall–Kier alpha value is -7.18. The minimum Gasteiger partial charge on any atom is -0.456 e. The van der Waals surface area contributed by atoms with Gasteiger partial charge < -0.3 is 45.0 Å². The van der Waals surface area contributed by atoms with Crippen LogP contribution in [-0.4, -0.2) is 163 Å². The number of nitrogens with zero attached hydrogens (tertiary/aromatic N) is 4. The zero-order valence-electron chi connectivity index (χ0n) is 47.5. The van der Waals surface area contributed by atoms with E-state index in [1.54, 1.807) is 95.5 Å². The largest absolute Gasteiger partial charge is 0.456 e. The number of rotatable bonds is 14. The lowest BCUT2D eigenvalue weighted by Gasteiger charge is -2.33. The van der Waals surface area contributed by atoms with Gasteiger partial charge in [0.1, 0.15) is 36.6 Å². The monoisotopic (exact) mass is 1070 g/mol. The Kier molecular flexibility index (Phi) is 25.4. The average Bonchev–Trinajstić information content (AvgIpc) is 3.41. The highest BCUT2D eigenvalue weighted by molar-refractivity contribution is 5.97. The van der Waals surface area contributed by atoms with Crippen LogP contribution in [0, 0.1) is 23.7 Å². The van der Waals surface area contributed by atoms with Crippen LogP contribution >= 0.6 is 0 Å². The zero-order valence-corrected chi connectivity index (χ0v) is 47.5. The van der Waals surface area contributed by atoms with Crippen LogP contribution in [-0.2, 0) is 54.3 Å². The number of nitrogens with one attached hydrogen (secondary N) is 3. The molecule has 2 aromatic rings. The second kappa shape index (κ2) is 30.5. The van der Waals surface area contributed by atoms with Gasteiger partial charge in [0.15, 0.2) is 6.10 Å². The van der Waals surface area contributed by atoms with Crippen LogP contribution in [0.25, 0.3) is 0 Å². The number of allylic oxidation sites excluding steroid dienone is 2. The summed E-state index contributed by atoms with van der Waals surface area (Å²) >= 11 is 0. The topological polar surface area (TPSA) is 238 Å². The van der Waals surface area contributed by atoms with E-state index in [1.165, 1.54) is 49.6 Å². The first-order chi connectivity index (χ1) is 36.2. The van der Waals surface area contributed by atoms with Gasteiger partial charge in [0, 0.05) is 76.7 Å². The van der Waals surface area contributed by atoms with Crippen molar-refractivity contribution in [1.82, 2.24) is 35.6 Å². The Morgan fingerprint density at radius 1 is 0.818 bits per heavy atom. The third kappa shape index (κ3) is 19.1. The molecule has 2 aromatic carbocycles. The van der Waals surface area contributed by atoms with Crippen LogP contribution in [0.5, 0.6) is 0 Å². The molecule has 1 heterocycles. The molecular weight excluding hydrogens is 987 g/mol. The van der Waals surface area contributed by atoms with Gasteiger partial charge in [0.2, 0.25) is 29.5 Å². The molecule has 0 fully saturated rings. The van der Waals surface area contributed by atoms with Gasteiger partial charge in [0.25, 0.3) is 11.8 Å². The van der Waals surface area contributed by atoms with E-state index in [0.717, 1.165) is 10.5 Å². The predicted octanol–water partition coefficient (Wildman–Crippen LogP) is 4.93. The first-order valence-electron chi connectivity index (χ1n) is 26.5. The molecule has 3 N–H and O–H groups in total. The molecule has 422 valence electrons. The second-order valence-electron chi connectivity index (χ2n) is 20.9. The fraction of sp³-hybridized carbons (Fsp3) is 0.552. The van der Waals surface area contributed by atoms with Gasteiger partial charge in [-0.15, -0.1) is 0 Å². The Bertz CT molecular complexity index is 2460. The molecule has 0 aromatic heterocycles. The summed E-state index contributed by atoms with van der Waals surface area (Å²) in [4.78, 5) is 142. The highest BCUT2D eigenvalue weighted by atomic mass is 16.6. The fourth-order valence-electron chi connectivity index (χ4n) is 8.72. The number of cyclic esters (lactones) is 2. The molecule has 0 unspecified atom stereocenters. The Morgan fingerprint density at radius 2 is 1.43 bits per heavy atom. The smallest absolute Gasteiger partial charge is 0.334 e. The number of aldehydes is 1. The molecule has 0 saturated carbocycles. The summed E-state index contributed by atoms with van der Waals surface area (Å²) in [5.74, 6) is -7.28. The van der Waals surface area contributed by atoms with Crippen LogP contribution in [0.4, 0.5) is 0 Å². The molecule has 3 rings (SSSR count). The Balaban J connectivity index is 2.09. The van der Waals surface area contributed by atoms with Gasteiger partial charge in [-0.05, 0) is 88.5 Å². The van der Waals surface area contributed by atoms with E-state index < -0.39 is 102 Å². The summed E-state index contributed by atoms with van der Waals surface area (Å²) in [5, 5.41) is 8.15. The molecular formula is C58H83N7O12. The average molecular weight is 1070 g/mol. The van der Waals surface area contributed by atoms with Gasteiger partial charge in [-0.3, -0.25) is 38.4 Å². The number of hydrogen-bond donors (Lipinski definition) is 3. The fourth-order valence-corrected chi connectivity index (χ4v) is 8.72. The lowest BCUT2D eigenvalue weighted by molar-refractivity contribution is -0.154. The molecule has 1 aliphatic rings. The van der Waals surface area contributed by atoms with Crippen molar-refractivity contribution in [3.05, 3.63) is 94.6 Å². The second-order valence-corrected chi connectivity index (χ2v) is 20.9. The first kappa shape index (κ1) is 64.1. The number of hydrogen-bond acceptors (Lipinski definition) is 12. The minimum atomic E-state index is -1.33. The van der Waals surface area contributed by atoms with Crippen molar-refractivity contribution >= 4 is 59.6 Å². The molecule has 9 atom stereocenters. The Labute approximate surface area is 454 Å². The van der Waals surface area contributed by atoms with Crippen LogP contribution in [0.2, 0.25) is 0 Å². The molecule has 0 spiro atoms. The lowest BCUT2D eigenvalue weighted by atomic mass is 9.81. The highest BCUT2D eigenvalue weighted by Gasteiger charge is 2.37. The van der Waals surface area contributed by atoms with Gasteiger partial charge >= 0.3 is 11.9 Å². The maximum Gasteiger partial charge on any atom is 0.334 e. The van der Waals surface area contributed by atoms with Gasteiger partial charge in [0.05, 0.1) is 6.54 Å². The minimum absolute atomic E-state index is 0.0552. The van der Waals surface area contributed by atoms with Crippen molar-refractivity contribution in [2.45, 2.75) is 138 Å². The standard InChI is InChI=1S/C58H83N7O12/c1-15-36(5)50-53(70)60-41(10)58(75)77-51(37(6)16-2)39(8)45(32-49(68)62(11)28-29-63(12)55(72)44-26-23-43(34-66)24-27-44)25-22-38(7)57(74)76-47(30-35(3)4)52(69)59-40(9)54(71)65(14)46(31-42-20-18-17-19-21-42)56(73)64(13)33-48(67)61-50/h16-24,26-27,34-36,39-41,45-47,50-51H,15,25,28-33H2,1-14H3,(H,59,69)(H,60,70)(H,61,67)/b37-16+,38-22+/t36-,39+,40+,41-,45-,46-,47-,50+,51-/m1/s1. The maximum atomic E-state index is 14.3. The van der Waals surface area contributed by atoms with E-state index >= 15 is 0 Å². The van der Waals surface area contributed by atoms with E-state index in [-0.39, 0.29) is 62.1 Å². The summed E-state index contributed by atoms with van der Waals surface area (Å²) in [6, 6.07) is 10.5. The summed E-state index contributed by atoms with van der Waals surface area (Å²) in [6.07, 6.45) is 2.41. The highest BCUT2D eigenvalue weighted by Crippen LogP contribution is 2.31. The molecule has 0 bridgehead atoms. The van der Waals surface area contributed by atoms with Crippen LogP contribution in [0.3, 0.4) is 0 Å². The molecule has 1 aliphatic heterocycles. The molecule has 0 saturated heterocycles. The molecule has 19 nitrogen and oxygen atoms in total. The number of amides is 7. The summed E-state index contributed by atoms with van der Waals surface area (Å²) < 4.78 is 12.1. The van der Waals surface area contributed by atoms with Gasteiger partial charge in [-0.25, -0.2) is 9.59 Å². The van der Waals surface area contributed by atoms with Gasteiger partial charge in [-0.2, -0.15) is 0 Å². The zero-order chi connectivity index (χ0) is 57.8. The van der Waals surface area contributed by atoms with Gasteiger partial charge in [-0.1, -0.05) is 95.7 Å². The maximum absolute atomic E-state index is 14.3. The molecule has 0 aliphatic carbocycles. The van der Waals surface area contributed by atoms with Crippen molar-refractivity contribution < 1.29 is 57.4 Å². The number of carbonyl (C=O) groups is 10. The molecule has 77 heavy (non-hydrogen) atoms. The molecule has 7 amide bonds. The van der Waals surface area contributed by atoms with E-state index in [0.29, 0.717) is 29.4 Å². The SMILES string of the molecule is C/C=C(\C)[C@H]1OC(=O)[C@@H](C)NC(=O)[C@H]([C@H](C)CC)NC(=O)CN(C)C(=O)[C@@H](Cc2ccccc2)N(C)C(=O)[C@H](C)NC(=O)[C@@H](CC(C)C)OC(=O)/C(C)=C/C[C@H](CC(=O)N(C)CCN(C)C(=O)c2ccc(C=O)cc2)[C@@H]1C. The third-order valence-electron chi connectivity index (χ3n) is 14.3. The first-order valence-corrected chi connectivity index (χ1v) is 26.5. The van der Waals surface area contributed by atoms with E-state index in [9.17, 15) is 47.9 Å². The summed E-state index contributed by atoms with van der Waals surface area (Å²) in [6.45, 7) is 16.9. The number of esters is 2. The number of likely N-dealkylation sites (N-methyl/N-ethyl adjacent to an activating group) is 4. The van der Waals surface area contributed by atoms with Crippen molar-refractivity contribution in [3.63, 3.8) is 0 Å². The number of carbonyl (C=O) groups excluding carboxylic acids is 10. The quantitative estimate of drug-likeness (QED) is 0.130. The third-order valence-corrected chi connectivity index (χ3v) is 14.3. The normalized spacial score (nSPS) is 24.6. The predicted molar refractivity (Wildman–Crippen MR) is 292 cm³/mol. The van der Waals surface area contributed by atoms with Crippen molar-refractivity contribution in [2.75, 3.05) is 47.8 Å². The van der Waals surface area contributed by atoms with Crippen LogP contribution in [0.15, 0.2) is 77.9 Å². The lowest BCUT2D eigenvalue weighted by Crippen LogP contribution is -2.57. The summed E-state index contributed by atoms with van der Waals surface area (Å²) in [5.41, 5.74) is 2.28. The number of benzene rings is 2. The van der Waals surface area contributed by atoms with E-state index in [4.69, 9.17) is 9.47 Å². The Morgan fingerprint density at radius 3 is 2.01 bits per heavy atom. The van der Waals surface area contributed by atoms with Crippen LogP contribution in [0.1, 0.15) is 121 Å². The van der Waals surface area contributed by atoms with E-state index in [2.05, 4.69) is 16.0 Å². The van der Waals surface area contributed by atoms with Crippen LogP contribution < -0.4 is 16.0 Å². The number of ether oxygens (including phenoxy) is 2. The van der Waals surface area contributed by atoms with Crippen molar-refractivity contribution in [1.29, 1.82) is 0 Å². The van der Waals surface area contributed by atoms with Crippen molar-refractivity contribution in [3.8, 4) is 0 Å². The molecule has 0 radical (unpaired) electrons.